The topological polar surface area (TPSA) is 77.5 Å². The number of furan rings is 1. The standard InChI is InChI=1S/C24H27ClN2O4/c1-3-4-9-23-26-14-20(27(23)15-19-7-5-6-8-22(19)25)12-18(16-30-24(28)29)13-21-11-10-17(2)31-21/h5-8,10-12,14H,3-4,9,13,15-16H2,1-2H3,(H,28,29)/b18-12+. The summed E-state index contributed by atoms with van der Waals surface area (Å²) in [5.74, 6) is 2.53. The van der Waals surface area contributed by atoms with Gasteiger partial charge in [0.05, 0.1) is 18.4 Å². The SMILES string of the molecule is CCCCc1ncc(/C=C(/COC(=O)O)Cc2ccc(C)o2)n1Cc1ccccc1Cl. The van der Waals surface area contributed by atoms with Gasteiger partial charge in [0.2, 0.25) is 0 Å². The van der Waals surface area contributed by atoms with E-state index in [1.807, 2.05) is 55.6 Å². The van der Waals surface area contributed by atoms with Crippen molar-refractivity contribution in [1.29, 1.82) is 0 Å². The molecule has 2 heterocycles. The number of ether oxygens (including phenoxy) is 1. The zero-order chi connectivity index (χ0) is 22.2. The largest absolute Gasteiger partial charge is 0.506 e. The second kappa shape index (κ2) is 10.9. The third-order valence-corrected chi connectivity index (χ3v) is 5.31. The van der Waals surface area contributed by atoms with Crippen molar-refractivity contribution in [3.63, 3.8) is 0 Å². The van der Waals surface area contributed by atoms with Crippen LogP contribution in [0.5, 0.6) is 0 Å². The van der Waals surface area contributed by atoms with E-state index in [-0.39, 0.29) is 6.61 Å². The minimum Gasteiger partial charge on any atom is -0.466 e. The fourth-order valence-electron chi connectivity index (χ4n) is 3.37. The van der Waals surface area contributed by atoms with Gasteiger partial charge in [-0.15, -0.1) is 0 Å². The molecule has 0 aliphatic heterocycles. The van der Waals surface area contributed by atoms with Gasteiger partial charge >= 0.3 is 6.16 Å². The lowest BCUT2D eigenvalue weighted by Gasteiger charge is -2.13. The first-order valence-corrected chi connectivity index (χ1v) is 10.7. The number of imidazole rings is 1. The van der Waals surface area contributed by atoms with Crippen molar-refractivity contribution in [3.05, 3.63) is 81.8 Å². The van der Waals surface area contributed by atoms with Gasteiger partial charge in [-0.05, 0) is 48.8 Å². The number of halogens is 1. The van der Waals surface area contributed by atoms with Gasteiger partial charge in [-0.1, -0.05) is 43.1 Å². The van der Waals surface area contributed by atoms with E-state index in [1.54, 1.807) is 0 Å². The van der Waals surface area contributed by atoms with E-state index >= 15 is 0 Å². The minimum atomic E-state index is -1.31. The average molecular weight is 443 g/mol. The smallest absolute Gasteiger partial charge is 0.466 e. The van der Waals surface area contributed by atoms with Crippen LogP contribution in [0.2, 0.25) is 5.02 Å². The van der Waals surface area contributed by atoms with Crippen LogP contribution in [0.3, 0.4) is 0 Å². The van der Waals surface area contributed by atoms with Crippen LogP contribution in [0.25, 0.3) is 6.08 Å². The molecule has 0 fully saturated rings. The van der Waals surface area contributed by atoms with Crippen LogP contribution in [-0.4, -0.2) is 27.4 Å². The number of hydrogen-bond acceptors (Lipinski definition) is 4. The van der Waals surface area contributed by atoms with Crippen LogP contribution < -0.4 is 0 Å². The number of nitrogens with zero attached hydrogens (tertiary/aromatic N) is 2. The van der Waals surface area contributed by atoms with E-state index in [0.717, 1.165) is 53.4 Å². The quantitative estimate of drug-likeness (QED) is 0.381. The predicted octanol–water partition coefficient (Wildman–Crippen LogP) is 6.15. The van der Waals surface area contributed by atoms with E-state index < -0.39 is 6.16 Å². The molecule has 1 N–H and O–H groups in total. The second-order valence-corrected chi connectivity index (χ2v) is 7.83. The molecule has 1 aromatic carbocycles. The molecule has 3 aromatic rings. The maximum Gasteiger partial charge on any atom is 0.506 e. The summed E-state index contributed by atoms with van der Waals surface area (Å²) in [4.78, 5) is 15.6. The van der Waals surface area contributed by atoms with Crippen LogP contribution in [0.15, 0.2) is 52.6 Å². The molecule has 0 atom stereocenters. The Kier molecular flexibility index (Phi) is 7.95. The molecule has 7 heteroatoms. The summed E-state index contributed by atoms with van der Waals surface area (Å²) >= 11 is 6.40. The molecule has 0 amide bonds. The van der Waals surface area contributed by atoms with Crippen LogP contribution in [-0.2, 0) is 24.1 Å². The molecule has 6 nitrogen and oxygen atoms in total. The number of rotatable bonds is 10. The Balaban J connectivity index is 1.96. The van der Waals surface area contributed by atoms with Gasteiger partial charge in [0, 0.05) is 17.9 Å². The van der Waals surface area contributed by atoms with Crippen LogP contribution in [0.1, 0.15) is 48.4 Å². The first kappa shape index (κ1) is 22.7. The average Bonchev–Trinajstić information content (AvgIpc) is 3.32. The van der Waals surface area contributed by atoms with E-state index in [4.69, 9.17) is 25.9 Å². The lowest BCUT2D eigenvalue weighted by Crippen LogP contribution is -2.10. The zero-order valence-corrected chi connectivity index (χ0v) is 18.6. The van der Waals surface area contributed by atoms with Gasteiger partial charge in [-0.2, -0.15) is 0 Å². The number of benzene rings is 1. The fourth-order valence-corrected chi connectivity index (χ4v) is 3.56. The van der Waals surface area contributed by atoms with Crippen molar-refractivity contribution in [2.24, 2.45) is 0 Å². The maximum absolute atomic E-state index is 11.0. The third-order valence-electron chi connectivity index (χ3n) is 4.94. The molecule has 0 unspecified atom stereocenters. The number of carbonyl (C=O) groups is 1. The van der Waals surface area contributed by atoms with Gasteiger partial charge in [0.25, 0.3) is 0 Å². The second-order valence-electron chi connectivity index (χ2n) is 7.43. The summed E-state index contributed by atoms with van der Waals surface area (Å²) in [7, 11) is 0. The van der Waals surface area contributed by atoms with Crippen molar-refractivity contribution in [2.45, 2.75) is 46.1 Å². The molecular formula is C24H27ClN2O4. The molecule has 0 aliphatic carbocycles. The van der Waals surface area contributed by atoms with Crippen molar-refractivity contribution in [2.75, 3.05) is 6.61 Å². The van der Waals surface area contributed by atoms with Gasteiger partial charge in [0.1, 0.15) is 24.0 Å². The summed E-state index contributed by atoms with van der Waals surface area (Å²) in [6.45, 7) is 4.56. The number of carboxylic acid groups (broad SMARTS) is 1. The molecule has 2 aromatic heterocycles. The molecule has 0 saturated heterocycles. The van der Waals surface area contributed by atoms with Crippen LogP contribution in [0, 0.1) is 6.92 Å². The lowest BCUT2D eigenvalue weighted by molar-refractivity contribution is 0.0992. The molecule has 0 radical (unpaired) electrons. The number of unbranched alkanes of at least 4 members (excludes halogenated alkanes) is 1. The Labute approximate surface area is 187 Å². The summed E-state index contributed by atoms with van der Waals surface area (Å²) in [5.41, 5.74) is 2.65. The molecule has 3 rings (SSSR count). The van der Waals surface area contributed by atoms with E-state index in [0.29, 0.717) is 18.0 Å². The Morgan fingerprint density at radius 2 is 2.10 bits per heavy atom. The van der Waals surface area contributed by atoms with Crippen molar-refractivity contribution >= 4 is 23.8 Å². The first-order valence-electron chi connectivity index (χ1n) is 10.3. The number of hydrogen-bond donors (Lipinski definition) is 1. The van der Waals surface area contributed by atoms with E-state index in [9.17, 15) is 4.79 Å². The third kappa shape index (κ3) is 6.49. The molecular weight excluding hydrogens is 416 g/mol. The predicted molar refractivity (Wildman–Crippen MR) is 120 cm³/mol. The Morgan fingerprint density at radius 1 is 1.29 bits per heavy atom. The van der Waals surface area contributed by atoms with Gasteiger partial charge in [0.15, 0.2) is 0 Å². The molecule has 0 aliphatic rings. The van der Waals surface area contributed by atoms with Gasteiger partial charge in [-0.25, -0.2) is 9.78 Å². The highest BCUT2D eigenvalue weighted by molar-refractivity contribution is 6.31. The molecule has 0 spiro atoms. The Morgan fingerprint density at radius 3 is 2.77 bits per heavy atom. The van der Waals surface area contributed by atoms with Crippen molar-refractivity contribution in [1.82, 2.24) is 9.55 Å². The maximum atomic E-state index is 11.0. The van der Waals surface area contributed by atoms with Crippen LogP contribution in [0.4, 0.5) is 4.79 Å². The molecule has 164 valence electrons. The monoisotopic (exact) mass is 442 g/mol. The fraction of sp³-hybridized carbons (Fsp3) is 0.333. The summed E-state index contributed by atoms with van der Waals surface area (Å²) < 4.78 is 12.7. The summed E-state index contributed by atoms with van der Waals surface area (Å²) in [6, 6.07) is 11.5. The first-order chi connectivity index (χ1) is 15.0. The van der Waals surface area contributed by atoms with Crippen molar-refractivity contribution in [3.8, 4) is 0 Å². The zero-order valence-electron chi connectivity index (χ0n) is 17.8. The highest BCUT2D eigenvalue weighted by atomic mass is 35.5. The number of aromatic nitrogens is 2. The Hall–Kier alpha value is -2.99. The summed E-state index contributed by atoms with van der Waals surface area (Å²) in [6.07, 6.45) is 5.84. The molecule has 0 bridgehead atoms. The van der Waals surface area contributed by atoms with Crippen LogP contribution >= 0.6 is 11.6 Å². The van der Waals surface area contributed by atoms with Crippen molar-refractivity contribution < 1.29 is 19.1 Å². The lowest BCUT2D eigenvalue weighted by atomic mass is 10.1. The molecule has 31 heavy (non-hydrogen) atoms. The van der Waals surface area contributed by atoms with Gasteiger partial charge < -0.3 is 18.8 Å². The van der Waals surface area contributed by atoms with E-state index in [1.165, 1.54) is 0 Å². The van der Waals surface area contributed by atoms with E-state index in [2.05, 4.69) is 16.5 Å². The molecule has 0 saturated carbocycles. The number of aryl methyl sites for hydroxylation is 2. The minimum absolute atomic E-state index is 0.0450. The van der Waals surface area contributed by atoms with Gasteiger partial charge in [-0.3, -0.25) is 0 Å². The summed E-state index contributed by atoms with van der Waals surface area (Å²) in [5, 5.41) is 9.68. The Bertz CT molecular complexity index is 1050. The highest BCUT2D eigenvalue weighted by Crippen LogP contribution is 2.22. The normalized spacial score (nSPS) is 11.6. The highest BCUT2D eigenvalue weighted by Gasteiger charge is 2.13.